The van der Waals surface area contributed by atoms with Crippen LogP contribution in [0, 0.1) is 0 Å². The topological polar surface area (TPSA) is 52.3 Å². The standard InChI is InChI=1S/C7H9NO2S.ClH/c1-10-7(9)6(8)5-3-2-4-11-5;/h2-4,6H,8H2,1H3;1H. The van der Waals surface area contributed by atoms with Crippen molar-refractivity contribution in [1.29, 1.82) is 0 Å². The Morgan fingerprint density at radius 3 is 2.83 bits per heavy atom. The smallest absolute Gasteiger partial charge is 0.328 e. The summed E-state index contributed by atoms with van der Waals surface area (Å²) in [5.41, 5.74) is 5.53. The van der Waals surface area contributed by atoms with E-state index < -0.39 is 12.0 Å². The van der Waals surface area contributed by atoms with Crippen molar-refractivity contribution in [1.82, 2.24) is 0 Å². The van der Waals surface area contributed by atoms with E-state index in [-0.39, 0.29) is 12.4 Å². The van der Waals surface area contributed by atoms with Gasteiger partial charge in [-0.2, -0.15) is 0 Å². The molecule has 0 saturated carbocycles. The van der Waals surface area contributed by atoms with E-state index in [2.05, 4.69) is 4.74 Å². The van der Waals surface area contributed by atoms with Gasteiger partial charge in [0.2, 0.25) is 0 Å². The first-order valence-corrected chi connectivity index (χ1v) is 4.00. The lowest BCUT2D eigenvalue weighted by atomic mass is 10.3. The van der Waals surface area contributed by atoms with Gasteiger partial charge in [-0.15, -0.1) is 23.7 Å². The van der Waals surface area contributed by atoms with Crippen molar-refractivity contribution in [2.75, 3.05) is 7.11 Å². The Balaban J connectivity index is 0.00000121. The monoisotopic (exact) mass is 207 g/mol. The molecule has 0 spiro atoms. The second-order valence-corrected chi connectivity index (χ2v) is 3.00. The van der Waals surface area contributed by atoms with Gasteiger partial charge in [0, 0.05) is 4.88 Å². The highest BCUT2D eigenvalue weighted by Gasteiger charge is 2.16. The molecule has 68 valence electrons. The second-order valence-electron chi connectivity index (χ2n) is 2.02. The third kappa shape index (κ3) is 2.48. The van der Waals surface area contributed by atoms with E-state index in [1.165, 1.54) is 18.4 Å². The van der Waals surface area contributed by atoms with E-state index in [1.807, 2.05) is 17.5 Å². The van der Waals surface area contributed by atoms with Crippen LogP contribution in [0.1, 0.15) is 10.9 Å². The van der Waals surface area contributed by atoms with Crippen LogP contribution in [0.25, 0.3) is 0 Å². The van der Waals surface area contributed by atoms with E-state index in [1.54, 1.807) is 0 Å². The van der Waals surface area contributed by atoms with Crippen molar-refractivity contribution in [3.8, 4) is 0 Å². The van der Waals surface area contributed by atoms with E-state index in [0.717, 1.165) is 4.88 Å². The van der Waals surface area contributed by atoms with Crippen LogP contribution in [0.3, 0.4) is 0 Å². The van der Waals surface area contributed by atoms with Crippen molar-refractivity contribution >= 4 is 29.7 Å². The van der Waals surface area contributed by atoms with E-state index >= 15 is 0 Å². The second kappa shape index (κ2) is 5.13. The molecule has 1 heterocycles. The number of thiophene rings is 1. The first-order valence-electron chi connectivity index (χ1n) is 3.12. The minimum Gasteiger partial charge on any atom is -0.468 e. The van der Waals surface area contributed by atoms with Gasteiger partial charge >= 0.3 is 5.97 Å². The molecular weight excluding hydrogens is 198 g/mol. The van der Waals surface area contributed by atoms with E-state index in [9.17, 15) is 4.79 Å². The molecule has 0 bridgehead atoms. The van der Waals surface area contributed by atoms with E-state index in [4.69, 9.17) is 5.73 Å². The average Bonchev–Trinajstić information content (AvgIpc) is 2.53. The molecule has 0 amide bonds. The third-order valence-corrected chi connectivity index (χ3v) is 2.26. The summed E-state index contributed by atoms with van der Waals surface area (Å²) < 4.78 is 4.48. The summed E-state index contributed by atoms with van der Waals surface area (Å²) in [6.07, 6.45) is 0. The van der Waals surface area contributed by atoms with Crippen molar-refractivity contribution in [3.63, 3.8) is 0 Å². The summed E-state index contributed by atoms with van der Waals surface area (Å²) in [5.74, 6) is -0.396. The Morgan fingerprint density at radius 2 is 2.42 bits per heavy atom. The van der Waals surface area contributed by atoms with E-state index in [0.29, 0.717) is 0 Å². The zero-order chi connectivity index (χ0) is 8.27. The summed E-state index contributed by atoms with van der Waals surface area (Å²) in [6, 6.07) is 3.04. The lowest BCUT2D eigenvalue weighted by Gasteiger charge is -2.05. The minimum absolute atomic E-state index is 0. The normalized spacial score (nSPS) is 11.5. The summed E-state index contributed by atoms with van der Waals surface area (Å²) in [7, 11) is 1.33. The lowest BCUT2D eigenvalue weighted by Crippen LogP contribution is -2.21. The highest BCUT2D eigenvalue weighted by molar-refractivity contribution is 7.10. The molecule has 0 fully saturated rings. The van der Waals surface area contributed by atoms with Crippen LogP contribution in [0.2, 0.25) is 0 Å². The molecule has 0 aromatic carbocycles. The number of carbonyl (C=O) groups excluding carboxylic acids is 1. The largest absolute Gasteiger partial charge is 0.468 e. The maximum atomic E-state index is 10.9. The Labute approximate surface area is 80.9 Å². The summed E-state index contributed by atoms with van der Waals surface area (Å²) in [4.78, 5) is 11.7. The van der Waals surface area contributed by atoms with Gasteiger partial charge in [-0.3, -0.25) is 0 Å². The predicted octanol–water partition coefficient (Wildman–Crippen LogP) is 1.34. The molecule has 1 rings (SSSR count). The van der Waals surface area contributed by atoms with Crippen LogP contribution in [0.15, 0.2) is 17.5 Å². The zero-order valence-corrected chi connectivity index (χ0v) is 8.15. The van der Waals surface area contributed by atoms with Crippen LogP contribution >= 0.6 is 23.7 Å². The van der Waals surface area contributed by atoms with Crippen LogP contribution < -0.4 is 5.73 Å². The molecule has 1 aromatic rings. The SMILES string of the molecule is COC(=O)C(N)c1cccs1.Cl. The highest BCUT2D eigenvalue weighted by atomic mass is 35.5. The van der Waals surface area contributed by atoms with Gasteiger partial charge in [-0.25, -0.2) is 4.79 Å². The molecule has 12 heavy (non-hydrogen) atoms. The third-order valence-electron chi connectivity index (χ3n) is 1.30. The number of nitrogens with two attached hydrogens (primary N) is 1. The number of rotatable bonds is 2. The minimum atomic E-state index is -0.625. The number of hydrogen-bond acceptors (Lipinski definition) is 4. The van der Waals surface area contributed by atoms with Crippen molar-refractivity contribution in [2.24, 2.45) is 5.73 Å². The van der Waals surface area contributed by atoms with Gasteiger partial charge in [0.1, 0.15) is 6.04 Å². The number of halogens is 1. The molecule has 5 heteroatoms. The molecule has 0 aliphatic carbocycles. The fourth-order valence-corrected chi connectivity index (χ4v) is 1.43. The maximum Gasteiger partial charge on any atom is 0.328 e. The van der Waals surface area contributed by atoms with Gasteiger partial charge < -0.3 is 10.5 Å². The van der Waals surface area contributed by atoms with Gasteiger partial charge in [0.05, 0.1) is 7.11 Å². The molecule has 1 unspecified atom stereocenters. The molecule has 0 radical (unpaired) electrons. The fraction of sp³-hybridized carbons (Fsp3) is 0.286. The quantitative estimate of drug-likeness (QED) is 0.745. The number of esters is 1. The Bertz CT molecular complexity index is 238. The van der Waals surface area contributed by atoms with Crippen molar-refractivity contribution in [3.05, 3.63) is 22.4 Å². The fourth-order valence-electron chi connectivity index (χ4n) is 0.711. The molecule has 3 nitrogen and oxygen atoms in total. The number of carbonyl (C=O) groups is 1. The van der Waals surface area contributed by atoms with Crippen molar-refractivity contribution < 1.29 is 9.53 Å². The Hall–Kier alpha value is -0.580. The highest BCUT2D eigenvalue weighted by Crippen LogP contribution is 2.17. The average molecular weight is 208 g/mol. The van der Waals surface area contributed by atoms with Gasteiger partial charge in [-0.1, -0.05) is 6.07 Å². The van der Waals surface area contributed by atoms with Crippen LogP contribution in [0.4, 0.5) is 0 Å². The molecule has 0 saturated heterocycles. The molecule has 0 aliphatic rings. The first kappa shape index (κ1) is 11.4. The summed E-state index contributed by atoms with van der Waals surface area (Å²) in [6.45, 7) is 0. The molecular formula is C7H10ClNO2S. The number of methoxy groups -OCH3 is 1. The Kier molecular flexibility index (Phi) is 4.89. The van der Waals surface area contributed by atoms with Crippen molar-refractivity contribution in [2.45, 2.75) is 6.04 Å². The number of ether oxygens (including phenoxy) is 1. The van der Waals surface area contributed by atoms with Crippen LogP contribution in [-0.2, 0) is 9.53 Å². The van der Waals surface area contributed by atoms with Crippen LogP contribution in [0.5, 0.6) is 0 Å². The zero-order valence-electron chi connectivity index (χ0n) is 6.52. The predicted molar refractivity (Wildman–Crippen MR) is 50.5 cm³/mol. The summed E-state index contributed by atoms with van der Waals surface area (Å²) >= 11 is 1.45. The molecule has 0 aliphatic heterocycles. The van der Waals surface area contributed by atoms with Gasteiger partial charge in [0.15, 0.2) is 0 Å². The molecule has 1 atom stereocenters. The molecule has 1 aromatic heterocycles. The molecule has 2 N–H and O–H groups in total. The van der Waals surface area contributed by atoms with Gasteiger partial charge in [-0.05, 0) is 11.4 Å². The lowest BCUT2D eigenvalue weighted by molar-refractivity contribution is -0.142. The van der Waals surface area contributed by atoms with Crippen LogP contribution in [-0.4, -0.2) is 13.1 Å². The number of hydrogen-bond donors (Lipinski definition) is 1. The maximum absolute atomic E-state index is 10.9. The Morgan fingerprint density at radius 1 is 1.75 bits per heavy atom. The summed E-state index contributed by atoms with van der Waals surface area (Å²) in [5, 5.41) is 1.87. The van der Waals surface area contributed by atoms with Gasteiger partial charge in [0.25, 0.3) is 0 Å². The first-order chi connectivity index (χ1) is 5.25.